The molecule has 1 aliphatic heterocycles. The van der Waals surface area contributed by atoms with Gasteiger partial charge in [-0.25, -0.2) is 4.98 Å². The minimum absolute atomic E-state index is 0.201. The molecule has 7 nitrogen and oxygen atoms in total. The van der Waals surface area contributed by atoms with E-state index in [1.165, 1.54) is 10.6 Å². The van der Waals surface area contributed by atoms with Gasteiger partial charge in [0.2, 0.25) is 5.82 Å². The van der Waals surface area contributed by atoms with Crippen LogP contribution in [0.1, 0.15) is 19.3 Å². The van der Waals surface area contributed by atoms with Gasteiger partial charge in [0.05, 0.1) is 4.92 Å². The van der Waals surface area contributed by atoms with Gasteiger partial charge in [0.25, 0.3) is 0 Å². The Morgan fingerprint density at radius 3 is 2.96 bits per heavy atom. The van der Waals surface area contributed by atoms with Crippen LogP contribution in [0.4, 0.5) is 11.5 Å². The lowest BCUT2D eigenvalue weighted by Gasteiger charge is -2.24. The molecular formula is C15H18N4O3S. The van der Waals surface area contributed by atoms with Crippen LogP contribution in [0.5, 0.6) is 0 Å². The van der Waals surface area contributed by atoms with Gasteiger partial charge in [-0.05, 0) is 31.2 Å². The third-order valence-corrected chi connectivity index (χ3v) is 5.19. The highest BCUT2D eigenvalue weighted by molar-refractivity contribution is 7.99. The molecule has 2 aromatic rings. The molecule has 3 rings (SSSR count). The van der Waals surface area contributed by atoms with E-state index in [1.807, 2.05) is 11.2 Å². The number of hydrogen-bond acceptors (Lipinski definition) is 6. The Bertz CT molecular complexity index is 792. The standard InChI is InChI=1S/C15H18N4O3S/c1-23-11-6-2-4-8-17(10-11)14-13(19(21)22)15(20)18-9-5-3-7-12(18)16-14/h3,5,7,9,11H,2,4,6,8,10H2,1H3. The summed E-state index contributed by atoms with van der Waals surface area (Å²) in [5, 5.41) is 11.9. The molecule has 1 unspecified atom stereocenters. The molecule has 0 saturated carbocycles. The molecule has 0 radical (unpaired) electrons. The molecule has 122 valence electrons. The molecule has 1 atom stereocenters. The highest BCUT2D eigenvalue weighted by Gasteiger charge is 2.29. The number of pyridine rings is 1. The highest BCUT2D eigenvalue weighted by Crippen LogP contribution is 2.28. The van der Waals surface area contributed by atoms with E-state index in [1.54, 1.807) is 30.0 Å². The molecule has 0 spiro atoms. The molecular weight excluding hydrogens is 316 g/mol. The Kier molecular flexibility index (Phi) is 4.51. The van der Waals surface area contributed by atoms with Gasteiger partial charge in [-0.1, -0.05) is 12.5 Å². The van der Waals surface area contributed by atoms with E-state index in [0.29, 0.717) is 24.0 Å². The van der Waals surface area contributed by atoms with Gasteiger partial charge in [0, 0.05) is 24.5 Å². The van der Waals surface area contributed by atoms with Crippen molar-refractivity contribution in [3.8, 4) is 0 Å². The number of nitro groups is 1. The summed E-state index contributed by atoms with van der Waals surface area (Å²) in [5.41, 5.74) is -0.626. The van der Waals surface area contributed by atoms with E-state index in [4.69, 9.17) is 0 Å². The minimum Gasteiger partial charge on any atom is -0.350 e. The monoisotopic (exact) mass is 334 g/mol. The predicted octanol–water partition coefficient (Wildman–Crippen LogP) is 2.32. The van der Waals surface area contributed by atoms with Crippen LogP contribution in [0, 0.1) is 10.1 Å². The molecule has 0 amide bonds. The van der Waals surface area contributed by atoms with Crippen LogP contribution in [0.15, 0.2) is 29.2 Å². The van der Waals surface area contributed by atoms with Crippen LogP contribution in [0.3, 0.4) is 0 Å². The van der Waals surface area contributed by atoms with Gasteiger partial charge in [-0.2, -0.15) is 11.8 Å². The second kappa shape index (κ2) is 6.57. The third kappa shape index (κ3) is 3.03. The highest BCUT2D eigenvalue weighted by atomic mass is 32.2. The van der Waals surface area contributed by atoms with Crippen molar-refractivity contribution in [1.82, 2.24) is 9.38 Å². The smallest absolute Gasteiger partial charge is 0.350 e. The van der Waals surface area contributed by atoms with E-state index >= 15 is 0 Å². The van der Waals surface area contributed by atoms with E-state index in [9.17, 15) is 14.9 Å². The van der Waals surface area contributed by atoms with Crippen molar-refractivity contribution in [1.29, 1.82) is 0 Å². The fourth-order valence-corrected chi connectivity index (χ4v) is 3.67. The normalized spacial score (nSPS) is 18.8. The Hall–Kier alpha value is -2.09. The molecule has 1 aliphatic rings. The molecule has 2 aromatic heterocycles. The summed E-state index contributed by atoms with van der Waals surface area (Å²) >= 11 is 1.76. The summed E-state index contributed by atoms with van der Waals surface area (Å²) in [7, 11) is 0. The van der Waals surface area contributed by atoms with Crippen molar-refractivity contribution < 1.29 is 4.92 Å². The molecule has 23 heavy (non-hydrogen) atoms. The fourth-order valence-electron chi connectivity index (χ4n) is 2.94. The Morgan fingerprint density at radius 2 is 2.22 bits per heavy atom. The lowest BCUT2D eigenvalue weighted by Crippen LogP contribution is -2.33. The van der Waals surface area contributed by atoms with Gasteiger partial charge in [0.1, 0.15) is 5.65 Å². The number of thioether (sulfide) groups is 1. The minimum atomic E-state index is -0.624. The van der Waals surface area contributed by atoms with Crippen molar-refractivity contribution in [2.45, 2.75) is 24.5 Å². The molecule has 8 heteroatoms. The van der Waals surface area contributed by atoms with Gasteiger partial charge < -0.3 is 4.90 Å². The van der Waals surface area contributed by atoms with Crippen LogP contribution >= 0.6 is 11.8 Å². The molecule has 0 aliphatic carbocycles. The lowest BCUT2D eigenvalue weighted by molar-refractivity contribution is -0.385. The van der Waals surface area contributed by atoms with Gasteiger partial charge in [-0.15, -0.1) is 0 Å². The van der Waals surface area contributed by atoms with Crippen molar-refractivity contribution in [3.63, 3.8) is 0 Å². The number of anilines is 1. The van der Waals surface area contributed by atoms with Crippen LogP contribution < -0.4 is 10.5 Å². The number of fused-ring (bicyclic) bond motifs is 1. The second-order valence-corrected chi connectivity index (χ2v) is 6.71. The molecule has 0 aromatic carbocycles. The number of nitrogens with zero attached hydrogens (tertiary/aromatic N) is 4. The van der Waals surface area contributed by atoms with Gasteiger partial charge >= 0.3 is 11.2 Å². The summed E-state index contributed by atoms with van der Waals surface area (Å²) in [5.74, 6) is 0.201. The maximum absolute atomic E-state index is 12.5. The first-order chi connectivity index (χ1) is 11.1. The molecule has 0 bridgehead atoms. The first-order valence-corrected chi connectivity index (χ1v) is 8.84. The van der Waals surface area contributed by atoms with E-state index in [2.05, 4.69) is 4.98 Å². The van der Waals surface area contributed by atoms with E-state index in [0.717, 1.165) is 19.3 Å². The number of hydrogen-bond donors (Lipinski definition) is 0. The molecule has 0 N–H and O–H groups in total. The zero-order valence-electron chi connectivity index (χ0n) is 12.8. The second-order valence-electron chi connectivity index (χ2n) is 5.57. The summed E-state index contributed by atoms with van der Waals surface area (Å²) < 4.78 is 1.23. The van der Waals surface area contributed by atoms with Crippen LogP contribution in [0.2, 0.25) is 0 Å². The van der Waals surface area contributed by atoms with Crippen molar-refractivity contribution >= 4 is 28.9 Å². The molecule has 1 fully saturated rings. The first-order valence-electron chi connectivity index (χ1n) is 7.55. The average molecular weight is 334 g/mol. The Balaban J connectivity index is 2.17. The predicted molar refractivity (Wildman–Crippen MR) is 91.5 cm³/mol. The van der Waals surface area contributed by atoms with Crippen LogP contribution in [0.25, 0.3) is 5.65 Å². The maximum atomic E-state index is 12.5. The number of aromatic nitrogens is 2. The average Bonchev–Trinajstić information content (AvgIpc) is 2.80. The quantitative estimate of drug-likeness (QED) is 0.633. The van der Waals surface area contributed by atoms with Crippen molar-refractivity contribution in [2.75, 3.05) is 24.2 Å². The largest absolute Gasteiger partial charge is 0.376 e. The topological polar surface area (TPSA) is 80.8 Å². The fraction of sp³-hybridized carbons (Fsp3) is 0.467. The summed E-state index contributed by atoms with van der Waals surface area (Å²) in [6, 6.07) is 5.12. The molecule has 1 saturated heterocycles. The third-order valence-electron chi connectivity index (χ3n) is 4.14. The summed E-state index contributed by atoms with van der Waals surface area (Å²) in [4.78, 5) is 29.7. The van der Waals surface area contributed by atoms with Gasteiger partial charge in [-0.3, -0.25) is 19.3 Å². The zero-order chi connectivity index (χ0) is 16.4. The first kappa shape index (κ1) is 15.8. The van der Waals surface area contributed by atoms with Gasteiger partial charge in [0.15, 0.2) is 0 Å². The zero-order valence-corrected chi connectivity index (χ0v) is 13.7. The maximum Gasteiger partial charge on any atom is 0.376 e. The summed E-state index contributed by atoms with van der Waals surface area (Å²) in [6.07, 6.45) is 6.67. The Morgan fingerprint density at radius 1 is 1.39 bits per heavy atom. The summed E-state index contributed by atoms with van der Waals surface area (Å²) in [6.45, 7) is 1.37. The van der Waals surface area contributed by atoms with Crippen molar-refractivity contribution in [3.05, 3.63) is 44.9 Å². The Labute approximate surface area is 137 Å². The SMILES string of the molecule is CSC1CCCCN(c2nc3ccccn3c(=O)c2[N+](=O)[O-])C1. The van der Waals surface area contributed by atoms with E-state index in [-0.39, 0.29) is 5.82 Å². The molecule has 3 heterocycles. The lowest BCUT2D eigenvalue weighted by atomic mass is 10.2. The van der Waals surface area contributed by atoms with E-state index < -0.39 is 16.2 Å². The van der Waals surface area contributed by atoms with Crippen molar-refractivity contribution in [2.24, 2.45) is 0 Å². The van der Waals surface area contributed by atoms with Crippen LogP contribution in [-0.2, 0) is 0 Å². The number of rotatable bonds is 3. The van der Waals surface area contributed by atoms with Crippen LogP contribution in [-0.4, -0.2) is 38.9 Å².